The van der Waals surface area contributed by atoms with Crippen LogP contribution >= 0.6 is 0 Å². The molecule has 186 valence electrons. The molecular weight excluding hydrogens is 466 g/mol. The quantitative estimate of drug-likeness (QED) is 0.537. The van der Waals surface area contributed by atoms with Gasteiger partial charge in [0.1, 0.15) is 11.6 Å². The van der Waals surface area contributed by atoms with Crippen molar-refractivity contribution in [3.8, 4) is 0 Å². The van der Waals surface area contributed by atoms with Gasteiger partial charge in [0.05, 0.1) is 18.3 Å². The Morgan fingerprint density at radius 2 is 1.91 bits per heavy atom. The van der Waals surface area contributed by atoms with E-state index in [0.717, 1.165) is 6.07 Å². The first-order chi connectivity index (χ1) is 16.5. The molecule has 1 aliphatic rings. The number of imidazole rings is 1. The Bertz CT molecular complexity index is 1270. The highest BCUT2D eigenvalue weighted by Crippen LogP contribution is 2.40. The summed E-state index contributed by atoms with van der Waals surface area (Å²) in [5.74, 6) is -5.70. The molecule has 0 aliphatic carbocycles. The molecule has 0 saturated carbocycles. The fourth-order valence-corrected chi connectivity index (χ4v) is 4.27. The molecule has 2 atom stereocenters. The van der Waals surface area contributed by atoms with Gasteiger partial charge in [0.2, 0.25) is 11.5 Å². The Kier molecular flexibility index (Phi) is 6.79. The first kappa shape index (κ1) is 24.6. The van der Waals surface area contributed by atoms with Crippen molar-refractivity contribution in [2.75, 3.05) is 18.4 Å². The van der Waals surface area contributed by atoms with Crippen molar-refractivity contribution in [2.24, 2.45) is 7.05 Å². The third-order valence-electron chi connectivity index (χ3n) is 6.27. The van der Waals surface area contributed by atoms with Crippen LogP contribution in [0.1, 0.15) is 30.4 Å². The van der Waals surface area contributed by atoms with Gasteiger partial charge >= 0.3 is 0 Å². The lowest BCUT2D eigenvalue weighted by atomic mass is 9.87. The minimum absolute atomic E-state index is 0.0312. The van der Waals surface area contributed by atoms with E-state index in [0.29, 0.717) is 11.1 Å². The zero-order chi connectivity index (χ0) is 25.3. The molecule has 1 aromatic carbocycles. The van der Waals surface area contributed by atoms with E-state index in [4.69, 9.17) is 0 Å². The second-order valence-electron chi connectivity index (χ2n) is 8.84. The number of amides is 1. The maximum Gasteiger partial charge on any atom is 0.257 e. The number of piperidine rings is 1. The van der Waals surface area contributed by atoms with Crippen LogP contribution in [0.25, 0.3) is 0 Å². The summed E-state index contributed by atoms with van der Waals surface area (Å²) in [5.41, 5.74) is 0.436. The topological polar surface area (TPSA) is 72.2 Å². The van der Waals surface area contributed by atoms with E-state index in [2.05, 4.69) is 10.3 Å². The van der Waals surface area contributed by atoms with E-state index < -0.39 is 41.8 Å². The van der Waals surface area contributed by atoms with Gasteiger partial charge in [-0.1, -0.05) is 6.07 Å². The predicted molar refractivity (Wildman–Crippen MR) is 121 cm³/mol. The van der Waals surface area contributed by atoms with Gasteiger partial charge in [-0.3, -0.25) is 14.5 Å². The number of hydrogen-bond acceptors (Lipinski definition) is 4. The van der Waals surface area contributed by atoms with E-state index in [1.54, 1.807) is 16.4 Å². The molecule has 0 radical (unpaired) electrons. The van der Waals surface area contributed by atoms with Crippen LogP contribution in [0, 0.1) is 11.6 Å². The molecule has 0 bridgehead atoms. The fraction of sp³-hybridized carbons (Fsp3) is 0.375. The molecule has 1 N–H and O–H groups in total. The molecule has 11 heteroatoms. The average molecular weight is 491 g/mol. The summed E-state index contributed by atoms with van der Waals surface area (Å²) in [6.45, 7) is 1.75. The second kappa shape index (κ2) is 9.65. The Morgan fingerprint density at radius 3 is 2.60 bits per heavy atom. The second-order valence-corrected chi connectivity index (χ2v) is 8.84. The zero-order valence-corrected chi connectivity index (χ0v) is 19.2. The predicted octanol–water partition coefficient (Wildman–Crippen LogP) is 3.36. The standard InChI is InChI=1S/C24H25F4N5O2/c1-15(33-6-5-24(27,28)20(12-33)17-3-4-22(34)31(2)11-17)23(35)30-21-13-32(14-29-21)10-16-7-18(25)9-19(26)8-16/h3-4,7-9,11,13-15,20H,5-6,10,12H2,1-2H3,(H,30,35)/t15-,20-/m0/s1. The summed E-state index contributed by atoms with van der Waals surface area (Å²) < 4.78 is 59.1. The number of carbonyl (C=O) groups is 1. The number of anilines is 1. The first-order valence-electron chi connectivity index (χ1n) is 11.1. The minimum atomic E-state index is -2.97. The molecule has 1 amide bonds. The zero-order valence-electron chi connectivity index (χ0n) is 19.2. The molecule has 1 aliphatic heterocycles. The Hall–Kier alpha value is -3.47. The molecule has 0 unspecified atom stereocenters. The number of hydrogen-bond donors (Lipinski definition) is 1. The van der Waals surface area contributed by atoms with Gasteiger partial charge in [-0.2, -0.15) is 0 Å². The Labute approximate surface area is 199 Å². The first-order valence-corrected chi connectivity index (χ1v) is 11.1. The van der Waals surface area contributed by atoms with Gasteiger partial charge in [0, 0.05) is 57.6 Å². The van der Waals surface area contributed by atoms with Crippen molar-refractivity contribution in [1.29, 1.82) is 0 Å². The number of halogens is 4. The van der Waals surface area contributed by atoms with Crippen molar-refractivity contribution in [2.45, 2.75) is 37.8 Å². The summed E-state index contributed by atoms with van der Waals surface area (Å²) in [7, 11) is 1.50. The summed E-state index contributed by atoms with van der Waals surface area (Å²) in [6.07, 6.45) is 3.93. The summed E-state index contributed by atoms with van der Waals surface area (Å²) in [4.78, 5) is 30.3. The number of carbonyl (C=O) groups excluding carboxylic acids is 1. The highest BCUT2D eigenvalue weighted by atomic mass is 19.3. The maximum atomic E-state index is 14.7. The van der Waals surface area contributed by atoms with Crippen LogP contribution in [0.15, 0.2) is 53.8 Å². The van der Waals surface area contributed by atoms with E-state index >= 15 is 0 Å². The SMILES string of the molecule is C[C@@H](C(=O)Nc1cn(Cc2cc(F)cc(F)c2)cn1)N1CCC(F)(F)[C@H](c2ccc(=O)n(C)c2)C1. The van der Waals surface area contributed by atoms with Crippen LogP contribution in [-0.4, -0.2) is 50.0 Å². The summed E-state index contributed by atoms with van der Waals surface area (Å²) in [6, 6.07) is 5.14. The van der Waals surface area contributed by atoms with E-state index in [9.17, 15) is 27.2 Å². The number of benzene rings is 1. The lowest BCUT2D eigenvalue weighted by molar-refractivity contribution is -0.125. The van der Waals surface area contributed by atoms with Gasteiger partial charge in [0.15, 0.2) is 5.82 Å². The smallest absolute Gasteiger partial charge is 0.257 e. The number of nitrogens with zero attached hydrogens (tertiary/aromatic N) is 4. The summed E-state index contributed by atoms with van der Waals surface area (Å²) >= 11 is 0. The number of aryl methyl sites for hydroxylation is 1. The Morgan fingerprint density at radius 1 is 1.20 bits per heavy atom. The average Bonchev–Trinajstić information content (AvgIpc) is 3.21. The number of nitrogens with one attached hydrogen (secondary N) is 1. The van der Waals surface area contributed by atoms with E-state index in [-0.39, 0.29) is 31.0 Å². The number of pyridine rings is 1. The third-order valence-corrected chi connectivity index (χ3v) is 6.27. The molecule has 2 aromatic heterocycles. The molecule has 35 heavy (non-hydrogen) atoms. The van der Waals surface area contributed by atoms with Crippen molar-refractivity contribution >= 4 is 11.7 Å². The number of likely N-dealkylation sites (tertiary alicyclic amines) is 1. The van der Waals surface area contributed by atoms with E-state index in [1.165, 1.54) is 54.6 Å². The van der Waals surface area contributed by atoms with Crippen LogP contribution < -0.4 is 10.9 Å². The monoisotopic (exact) mass is 491 g/mol. The van der Waals surface area contributed by atoms with Gasteiger partial charge in [0.25, 0.3) is 5.92 Å². The van der Waals surface area contributed by atoms with Crippen LogP contribution in [-0.2, 0) is 18.4 Å². The lowest BCUT2D eigenvalue weighted by Gasteiger charge is -2.40. The molecule has 3 heterocycles. The van der Waals surface area contributed by atoms with Crippen LogP contribution in [0.4, 0.5) is 23.4 Å². The number of aromatic nitrogens is 3. The van der Waals surface area contributed by atoms with Gasteiger partial charge in [-0.15, -0.1) is 0 Å². The molecule has 7 nitrogen and oxygen atoms in total. The van der Waals surface area contributed by atoms with E-state index in [1.807, 2.05) is 0 Å². The molecule has 0 spiro atoms. The number of alkyl halides is 2. The van der Waals surface area contributed by atoms with Crippen LogP contribution in [0.2, 0.25) is 0 Å². The Balaban J connectivity index is 1.42. The third kappa shape index (κ3) is 5.61. The highest BCUT2D eigenvalue weighted by Gasteiger charge is 2.46. The normalized spacial score (nSPS) is 18.9. The minimum Gasteiger partial charge on any atom is -0.331 e. The van der Waals surface area contributed by atoms with Crippen LogP contribution in [0.3, 0.4) is 0 Å². The van der Waals surface area contributed by atoms with Crippen LogP contribution in [0.5, 0.6) is 0 Å². The summed E-state index contributed by atoms with van der Waals surface area (Å²) in [5, 5.41) is 2.67. The lowest BCUT2D eigenvalue weighted by Crippen LogP contribution is -2.52. The fourth-order valence-electron chi connectivity index (χ4n) is 4.27. The molecular formula is C24H25F4N5O2. The van der Waals surface area contributed by atoms with Crippen molar-refractivity contribution in [1.82, 2.24) is 19.0 Å². The molecule has 1 fully saturated rings. The molecule has 3 aromatic rings. The van der Waals surface area contributed by atoms with Crippen molar-refractivity contribution in [3.63, 3.8) is 0 Å². The maximum absolute atomic E-state index is 14.7. The van der Waals surface area contributed by atoms with Gasteiger partial charge in [-0.25, -0.2) is 22.5 Å². The van der Waals surface area contributed by atoms with Gasteiger partial charge in [-0.05, 0) is 30.2 Å². The van der Waals surface area contributed by atoms with Gasteiger partial charge < -0.3 is 14.5 Å². The highest BCUT2D eigenvalue weighted by molar-refractivity contribution is 5.93. The van der Waals surface area contributed by atoms with Crippen molar-refractivity contribution in [3.05, 3.63) is 82.2 Å². The largest absolute Gasteiger partial charge is 0.331 e. The number of rotatable bonds is 6. The van der Waals surface area contributed by atoms with Crippen molar-refractivity contribution < 1.29 is 22.4 Å². The molecule has 1 saturated heterocycles. The molecule has 4 rings (SSSR count).